The lowest BCUT2D eigenvalue weighted by Crippen LogP contribution is -2.07. The third kappa shape index (κ3) is 3.46. The molecule has 6 heteroatoms. The molecule has 1 heterocycles. The number of nitrogens with zero attached hydrogens (tertiary/aromatic N) is 1. The van der Waals surface area contributed by atoms with Crippen LogP contribution in [0.4, 0.5) is 0 Å². The van der Waals surface area contributed by atoms with Crippen LogP contribution in [-0.4, -0.2) is 19.0 Å². The SMILES string of the molecule is COc1ccc(Cl)cc1C1=NC(=Cc2cccc(Br)c2)C(=O)O1. The maximum atomic E-state index is 12.0. The van der Waals surface area contributed by atoms with Crippen molar-refractivity contribution in [3.05, 3.63) is 68.8 Å². The van der Waals surface area contributed by atoms with Crippen LogP contribution in [0.25, 0.3) is 6.08 Å². The molecular weight excluding hydrogens is 382 g/mol. The number of aliphatic imine (C=N–C) groups is 1. The second-order valence-corrected chi connectivity index (χ2v) is 6.09. The molecule has 23 heavy (non-hydrogen) atoms. The van der Waals surface area contributed by atoms with Crippen LogP contribution in [0.15, 0.2) is 57.6 Å². The quantitative estimate of drug-likeness (QED) is 0.572. The molecule has 2 aromatic rings. The Morgan fingerprint density at radius 2 is 2.09 bits per heavy atom. The van der Waals surface area contributed by atoms with Gasteiger partial charge in [-0.15, -0.1) is 0 Å². The minimum Gasteiger partial charge on any atom is -0.496 e. The topological polar surface area (TPSA) is 47.9 Å². The maximum absolute atomic E-state index is 12.0. The molecule has 0 spiro atoms. The highest BCUT2D eigenvalue weighted by Gasteiger charge is 2.26. The van der Waals surface area contributed by atoms with Gasteiger partial charge in [0.2, 0.25) is 5.90 Å². The second kappa shape index (κ2) is 6.56. The molecule has 0 N–H and O–H groups in total. The standard InChI is InChI=1S/C17H11BrClNO3/c1-22-15-6-5-12(19)9-13(15)16-20-14(17(21)23-16)8-10-3-2-4-11(18)7-10/h2-9H,1H3. The first-order valence-electron chi connectivity index (χ1n) is 6.69. The van der Waals surface area contributed by atoms with Crippen molar-refractivity contribution < 1.29 is 14.3 Å². The molecule has 0 amide bonds. The Hall–Kier alpha value is -2.11. The van der Waals surface area contributed by atoms with Crippen molar-refractivity contribution in [3.8, 4) is 5.75 Å². The van der Waals surface area contributed by atoms with Crippen molar-refractivity contribution in [3.63, 3.8) is 0 Å². The Labute approximate surface area is 146 Å². The fraction of sp³-hybridized carbons (Fsp3) is 0.0588. The van der Waals surface area contributed by atoms with Crippen molar-refractivity contribution in [2.24, 2.45) is 4.99 Å². The van der Waals surface area contributed by atoms with Gasteiger partial charge in [0, 0.05) is 9.50 Å². The first-order chi connectivity index (χ1) is 11.1. The molecule has 0 unspecified atom stereocenters. The average molecular weight is 393 g/mol. The summed E-state index contributed by atoms with van der Waals surface area (Å²) in [4.78, 5) is 16.3. The Morgan fingerprint density at radius 1 is 1.26 bits per heavy atom. The van der Waals surface area contributed by atoms with Gasteiger partial charge in [-0.2, -0.15) is 0 Å². The number of methoxy groups -OCH3 is 1. The summed E-state index contributed by atoms with van der Waals surface area (Å²) >= 11 is 9.39. The first-order valence-corrected chi connectivity index (χ1v) is 7.86. The third-order valence-electron chi connectivity index (χ3n) is 3.16. The zero-order chi connectivity index (χ0) is 16.4. The zero-order valence-corrected chi connectivity index (χ0v) is 14.4. The maximum Gasteiger partial charge on any atom is 0.363 e. The van der Waals surface area contributed by atoms with Gasteiger partial charge >= 0.3 is 5.97 Å². The molecule has 0 radical (unpaired) electrons. The Kier molecular flexibility index (Phi) is 4.50. The van der Waals surface area contributed by atoms with E-state index in [1.165, 1.54) is 7.11 Å². The van der Waals surface area contributed by atoms with Gasteiger partial charge in [0.25, 0.3) is 0 Å². The smallest absolute Gasteiger partial charge is 0.363 e. The lowest BCUT2D eigenvalue weighted by Gasteiger charge is -2.07. The van der Waals surface area contributed by atoms with Gasteiger partial charge in [0.1, 0.15) is 5.75 Å². The molecule has 1 aliphatic heterocycles. The van der Waals surface area contributed by atoms with Crippen molar-refractivity contribution in [1.29, 1.82) is 0 Å². The fourth-order valence-corrected chi connectivity index (χ4v) is 2.71. The van der Waals surface area contributed by atoms with Gasteiger partial charge in [-0.3, -0.25) is 0 Å². The van der Waals surface area contributed by atoms with Gasteiger partial charge in [0.15, 0.2) is 5.70 Å². The van der Waals surface area contributed by atoms with E-state index >= 15 is 0 Å². The highest BCUT2D eigenvalue weighted by Crippen LogP contribution is 2.28. The van der Waals surface area contributed by atoms with Crippen LogP contribution in [0.1, 0.15) is 11.1 Å². The fourth-order valence-electron chi connectivity index (χ4n) is 2.13. The highest BCUT2D eigenvalue weighted by atomic mass is 79.9. The van der Waals surface area contributed by atoms with E-state index in [0.717, 1.165) is 10.0 Å². The van der Waals surface area contributed by atoms with Crippen molar-refractivity contribution in [2.75, 3.05) is 7.11 Å². The van der Waals surface area contributed by atoms with Crippen LogP contribution in [0.2, 0.25) is 5.02 Å². The number of hydrogen-bond acceptors (Lipinski definition) is 4. The molecule has 1 aliphatic rings. The second-order valence-electron chi connectivity index (χ2n) is 4.74. The number of cyclic esters (lactones) is 1. The molecule has 0 fully saturated rings. The van der Waals surface area contributed by atoms with E-state index in [1.54, 1.807) is 24.3 Å². The number of carbonyl (C=O) groups excluding carboxylic acids is 1. The van der Waals surface area contributed by atoms with E-state index < -0.39 is 5.97 Å². The molecule has 0 atom stereocenters. The van der Waals surface area contributed by atoms with Crippen LogP contribution in [0.3, 0.4) is 0 Å². The number of ether oxygens (including phenoxy) is 2. The third-order valence-corrected chi connectivity index (χ3v) is 3.89. The summed E-state index contributed by atoms with van der Waals surface area (Å²) in [5, 5.41) is 0.504. The zero-order valence-electron chi connectivity index (χ0n) is 12.0. The van der Waals surface area contributed by atoms with Crippen LogP contribution < -0.4 is 4.74 Å². The molecule has 0 bridgehead atoms. The van der Waals surface area contributed by atoms with Crippen molar-refractivity contribution >= 4 is 45.5 Å². The molecule has 3 rings (SSSR count). The first kappa shape index (κ1) is 15.8. The lowest BCUT2D eigenvalue weighted by atomic mass is 10.2. The van der Waals surface area contributed by atoms with E-state index in [4.69, 9.17) is 21.1 Å². The summed E-state index contributed by atoms with van der Waals surface area (Å²) < 4.78 is 11.4. The van der Waals surface area contributed by atoms with Crippen molar-refractivity contribution in [2.45, 2.75) is 0 Å². The summed E-state index contributed by atoms with van der Waals surface area (Å²) in [5.41, 5.74) is 1.60. The Balaban J connectivity index is 2.00. The Morgan fingerprint density at radius 3 is 2.83 bits per heavy atom. The molecule has 4 nitrogen and oxygen atoms in total. The van der Waals surface area contributed by atoms with Crippen LogP contribution in [0, 0.1) is 0 Å². The summed E-state index contributed by atoms with van der Waals surface area (Å²) in [6, 6.07) is 12.6. The van der Waals surface area contributed by atoms with Crippen molar-refractivity contribution in [1.82, 2.24) is 0 Å². The Bertz CT molecular complexity index is 845. The molecule has 2 aromatic carbocycles. The molecule has 0 saturated heterocycles. The summed E-state index contributed by atoms with van der Waals surface area (Å²) in [6.45, 7) is 0. The van der Waals surface area contributed by atoms with Crippen LogP contribution in [-0.2, 0) is 9.53 Å². The highest BCUT2D eigenvalue weighted by molar-refractivity contribution is 9.10. The van der Waals surface area contributed by atoms with Crippen LogP contribution in [0.5, 0.6) is 5.75 Å². The lowest BCUT2D eigenvalue weighted by molar-refractivity contribution is -0.129. The summed E-state index contributed by atoms with van der Waals surface area (Å²) in [6.07, 6.45) is 1.66. The molecule has 0 aliphatic carbocycles. The number of esters is 1. The predicted molar refractivity (Wildman–Crippen MR) is 92.8 cm³/mol. The van der Waals surface area contributed by atoms with Crippen LogP contribution >= 0.6 is 27.5 Å². The van der Waals surface area contributed by atoms with Gasteiger partial charge in [0.05, 0.1) is 12.7 Å². The number of carbonyl (C=O) groups is 1. The van der Waals surface area contributed by atoms with E-state index in [0.29, 0.717) is 16.3 Å². The van der Waals surface area contributed by atoms with Gasteiger partial charge in [-0.1, -0.05) is 39.7 Å². The van der Waals surface area contributed by atoms with E-state index in [9.17, 15) is 4.79 Å². The summed E-state index contributed by atoms with van der Waals surface area (Å²) in [7, 11) is 1.53. The molecule has 0 saturated carbocycles. The molecular formula is C17H11BrClNO3. The van der Waals surface area contributed by atoms with E-state index in [1.807, 2.05) is 24.3 Å². The predicted octanol–water partition coefficient (Wildman–Crippen LogP) is 4.46. The van der Waals surface area contributed by atoms with E-state index in [2.05, 4.69) is 20.9 Å². The molecule has 0 aromatic heterocycles. The largest absolute Gasteiger partial charge is 0.496 e. The number of benzene rings is 2. The monoisotopic (exact) mass is 391 g/mol. The normalized spacial score (nSPS) is 15.5. The number of hydrogen-bond donors (Lipinski definition) is 0. The van der Waals surface area contributed by atoms with Gasteiger partial charge < -0.3 is 9.47 Å². The minimum absolute atomic E-state index is 0.176. The molecule has 116 valence electrons. The number of halogens is 2. The van der Waals surface area contributed by atoms with Gasteiger partial charge in [-0.05, 0) is 42.0 Å². The minimum atomic E-state index is -0.512. The summed E-state index contributed by atoms with van der Waals surface area (Å²) in [5.74, 6) is 0.197. The average Bonchev–Trinajstić information content (AvgIpc) is 2.88. The number of rotatable bonds is 3. The van der Waals surface area contributed by atoms with Gasteiger partial charge in [-0.25, -0.2) is 9.79 Å². The van der Waals surface area contributed by atoms with E-state index in [-0.39, 0.29) is 11.6 Å².